The second-order valence-electron chi connectivity index (χ2n) is 3.51. The minimum atomic E-state index is -0.0739. The molecule has 0 aliphatic rings. The van der Waals surface area contributed by atoms with Crippen molar-refractivity contribution < 1.29 is 4.79 Å². The number of H-pyrrole nitrogens is 1. The highest BCUT2D eigenvalue weighted by Crippen LogP contribution is 2.13. The molecule has 1 amide bonds. The number of rotatable bonds is 3. The summed E-state index contributed by atoms with van der Waals surface area (Å²) in [5.41, 5.74) is 0.920. The van der Waals surface area contributed by atoms with E-state index in [1.54, 1.807) is 12.3 Å². The van der Waals surface area contributed by atoms with E-state index in [-0.39, 0.29) is 5.91 Å². The molecule has 0 saturated heterocycles. The Morgan fingerprint density at radius 2 is 2.38 bits per heavy atom. The van der Waals surface area contributed by atoms with Gasteiger partial charge in [-0.3, -0.25) is 9.89 Å². The van der Waals surface area contributed by atoms with Crippen LogP contribution in [0.4, 0.5) is 5.82 Å². The molecule has 2 heterocycles. The molecule has 6 heteroatoms. The van der Waals surface area contributed by atoms with Gasteiger partial charge in [0.05, 0.1) is 11.4 Å². The fourth-order valence-electron chi connectivity index (χ4n) is 1.31. The highest BCUT2D eigenvalue weighted by molar-refractivity contribution is 7.11. The van der Waals surface area contributed by atoms with Crippen molar-refractivity contribution >= 4 is 23.1 Å². The summed E-state index contributed by atoms with van der Waals surface area (Å²) in [6.45, 7) is 3.80. The van der Waals surface area contributed by atoms with Gasteiger partial charge < -0.3 is 5.32 Å². The molecule has 0 aliphatic heterocycles. The van der Waals surface area contributed by atoms with E-state index in [4.69, 9.17) is 0 Å². The van der Waals surface area contributed by atoms with Crippen LogP contribution in [0.25, 0.3) is 0 Å². The lowest BCUT2D eigenvalue weighted by Crippen LogP contribution is -2.13. The van der Waals surface area contributed by atoms with E-state index in [0.29, 0.717) is 12.2 Å². The summed E-state index contributed by atoms with van der Waals surface area (Å²) < 4.78 is 0. The largest absolute Gasteiger partial charge is 0.309 e. The maximum atomic E-state index is 11.6. The lowest BCUT2D eigenvalue weighted by Gasteiger charge is -1.98. The van der Waals surface area contributed by atoms with Crippen LogP contribution in [0.15, 0.2) is 12.3 Å². The first-order valence-corrected chi connectivity index (χ1v) is 5.68. The van der Waals surface area contributed by atoms with Gasteiger partial charge in [-0.15, -0.1) is 11.3 Å². The minimum Gasteiger partial charge on any atom is -0.309 e. The number of aromatic amines is 1. The summed E-state index contributed by atoms with van der Waals surface area (Å²) in [7, 11) is 0. The number of anilines is 1. The second kappa shape index (κ2) is 4.44. The Labute approximate surface area is 96.9 Å². The third-order valence-corrected chi connectivity index (χ3v) is 2.89. The normalized spacial score (nSPS) is 10.4. The van der Waals surface area contributed by atoms with Crippen molar-refractivity contribution in [1.29, 1.82) is 0 Å². The van der Waals surface area contributed by atoms with E-state index in [9.17, 15) is 4.79 Å². The van der Waals surface area contributed by atoms with E-state index in [1.807, 2.05) is 13.8 Å². The highest BCUT2D eigenvalue weighted by atomic mass is 32.1. The van der Waals surface area contributed by atoms with Crippen LogP contribution >= 0.6 is 11.3 Å². The number of aromatic nitrogens is 3. The summed E-state index contributed by atoms with van der Waals surface area (Å²) >= 11 is 1.53. The predicted molar refractivity (Wildman–Crippen MR) is 62.5 cm³/mol. The Balaban J connectivity index is 1.94. The maximum absolute atomic E-state index is 11.6. The average molecular weight is 236 g/mol. The number of thiazole rings is 1. The molecule has 5 nitrogen and oxygen atoms in total. The molecule has 0 spiro atoms. The zero-order valence-electron chi connectivity index (χ0n) is 9.07. The number of carbonyl (C=O) groups excluding carboxylic acids is 1. The topological polar surface area (TPSA) is 70.7 Å². The summed E-state index contributed by atoms with van der Waals surface area (Å²) in [6, 6.07) is 1.79. The first-order chi connectivity index (χ1) is 7.63. The summed E-state index contributed by atoms with van der Waals surface area (Å²) in [6.07, 6.45) is 2.08. The van der Waals surface area contributed by atoms with Gasteiger partial charge in [-0.25, -0.2) is 4.98 Å². The Kier molecular flexibility index (Phi) is 3.00. The van der Waals surface area contributed by atoms with E-state index in [1.165, 1.54) is 11.3 Å². The summed E-state index contributed by atoms with van der Waals surface area (Å²) in [5, 5.41) is 10.4. The van der Waals surface area contributed by atoms with Gasteiger partial charge in [-0.1, -0.05) is 0 Å². The molecule has 16 heavy (non-hydrogen) atoms. The minimum absolute atomic E-state index is 0.0739. The number of nitrogens with one attached hydrogen (secondary N) is 2. The number of amides is 1. The SMILES string of the molecule is Cc1cc(NC(=O)Cc2cnc(C)s2)n[nH]1. The zero-order valence-corrected chi connectivity index (χ0v) is 9.89. The first-order valence-electron chi connectivity index (χ1n) is 4.86. The van der Waals surface area contributed by atoms with Gasteiger partial charge >= 0.3 is 0 Å². The molecule has 0 fully saturated rings. The van der Waals surface area contributed by atoms with E-state index in [0.717, 1.165) is 15.6 Å². The van der Waals surface area contributed by atoms with Gasteiger partial charge in [0.2, 0.25) is 5.91 Å². The molecule has 0 radical (unpaired) electrons. The molecular formula is C10H12N4OS. The predicted octanol–water partition coefficient (Wildman–Crippen LogP) is 1.66. The Bertz CT molecular complexity index is 458. The Hall–Kier alpha value is -1.69. The molecule has 84 valence electrons. The third-order valence-electron chi connectivity index (χ3n) is 1.98. The summed E-state index contributed by atoms with van der Waals surface area (Å²) in [4.78, 5) is 16.7. The number of hydrogen-bond donors (Lipinski definition) is 2. The molecule has 0 aromatic carbocycles. The van der Waals surface area contributed by atoms with Gasteiger partial charge in [-0.05, 0) is 13.8 Å². The molecule has 0 atom stereocenters. The van der Waals surface area contributed by atoms with Crippen LogP contribution in [0.1, 0.15) is 15.6 Å². The fraction of sp³-hybridized carbons (Fsp3) is 0.300. The van der Waals surface area contributed by atoms with Gasteiger partial charge in [0.15, 0.2) is 5.82 Å². The highest BCUT2D eigenvalue weighted by Gasteiger charge is 2.07. The van der Waals surface area contributed by atoms with Gasteiger partial charge in [0.1, 0.15) is 0 Å². The van der Waals surface area contributed by atoms with E-state index in [2.05, 4.69) is 20.5 Å². The molecule has 0 saturated carbocycles. The monoisotopic (exact) mass is 236 g/mol. The molecule has 2 aromatic heterocycles. The van der Waals surface area contributed by atoms with E-state index < -0.39 is 0 Å². The summed E-state index contributed by atoms with van der Waals surface area (Å²) in [5.74, 6) is 0.485. The lowest BCUT2D eigenvalue weighted by atomic mass is 10.3. The van der Waals surface area contributed by atoms with Gasteiger partial charge in [-0.2, -0.15) is 5.10 Å². The molecule has 0 aliphatic carbocycles. The maximum Gasteiger partial charge on any atom is 0.230 e. The van der Waals surface area contributed by atoms with Crippen LogP contribution < -0.4 is 5.32 Å². The molecular weight excluding hydrogens is 224 g/mol. The van der Waals surface area contributed by atoms with Crippen molar-refractivity contribution in [3.8, 4) is 0 Å². The molecule has 2 rings (SSSR count). The van der Waals surface area contributed by atoms with Crippen LogP contribution in [0.2, 0.25) is 0 Å². The van der Waals surface area contributed by atoms with Crippen molar-refractivity contribution in [3.63, 3.8) is 0 Å². The van der Waals surface area contributed by atoms with Crippen molar-refractivity contribution in [2.24, 2.45) is 0 Å². The quantitative estimate of drug-likeness (QED) is 0.851. The van der Waals surface area contributed by atoms with E-state index >= 15 is 0 Å². The first kappa shape index (κ1) is 10.8. The van der Waals surface area contributed by atoms with Gasteiger partial charge in [0.25, 0.3) is 0 Å². The van der Waals surface area contributed by atoms with Crippen LogP contribution in [0, 0.1) is 13.8 Å². The number of aryl methyl sites for hydroxylation is 2. The van der Waals surface area contributed by atoms with Crippen molar-refractivity contribution in [2.75, 3.05) is 5.32 Å². The van der Waals surface area contributed by atoms with Crippen molar-refractivity contribution in [1.82, 2.24) is 15.2 Å². The standard InChI is InChI=1S/C10H12N4OS/c1-6-3-9(14-13-6)12-10(15)4-8-5-11-7(2)16-8/h3,5H,4H2,1-2H3,(H2,12,13,14,15). The lowest BCUT2D eigenvalue weighted by molar-refractivity contribution is -0.115. The number of nitrogens with zero attached hydrogens (tertiary/aromatic N) is 2. The average Bonchev–Trinajstić information content (AvgIpc) is 2.76. The smallest absolute Gasteiger partial charge is 0.230 e. The van der Waals surface area contributed by atoms with Crippen LogP contribution in [0.5, 0.6) is 0 Å². The number of hydrogen-bond acceptors (Lipinski definition) is 4. The zero-order chi connectivity index (χ0) is 11.5. The van der Waals surface area contributed by atoms with Crippen LogP contribution in [-0.2, 0) is 11.2 Å². The second-order valence-corrected chi connectivity index (χ2v) is 4.83. The van der Waals surface area contributed by atoms with Crippen LogP contribution in [0.3, 0.4) is 0 Å². The molecule has 2 N–H and O–H groups in total. The third kappa shape index (κ3) is 2.66. The Morgan fingerprint density at radius 3 is 2.94 bits per heavy atom. The van der Waals surface area contributed by atoms with Crippen LogP contribution in [-0.4, -0.2) is 21.1 Å². The Morgan fingerprint density at radius 1 is 1.56 bits per heavy atom. The molecule has 2 aromatic rings. The number of carbonyl (C=O) groups is 1. The van der Waals surface area contributed by atoms with Crippen molar-refractivity contribution in [2.45, 2.75) is 20.3 Å². The molecule has 0 bridgehead atoms. The molecule has 0 unspecified atom stereocenters. The fourth-order valence-corrected chi connectivity index (χ4v) is 2.11. The van der Waals surface area contributed by atoms with Gasteiger partial charge in [0, 0.05) is 22.8 Å². The van der Waals surface area contributed by atoms with Crippen molar-refractivity contribution in [3.05, 3.63) is 27.8 Å².